The van der Waals surface area contributed by atoms with E-state index in [0.29, 0.717) is 23.2 Å². The van der Waals surface area contributed by atoms with Gasteiger partial charge in [-0.25, -0.2) is 4.90 Å². The summed E-state index contributed by atoms with van der Waals surface area (Å²) >= 11 is 0. The molecule has 0 aliphatic carbocycles. The van der Waals surface area contributed by atoms with Crippen molar-refractivity contribution in [2.24, 2.45) is 0 Å². The molecule has 7 aromatic carbocycles. The van der Waals surface area contributed by atoms with E-state index >= 15 is 0 Å². The van der Waals surface area contributed by atoms with Gasteiger partial charge >= 0.3 is 0 Å². The normalized spacial score (nSPS) is 11.0. The van der Waals surface area contributed by atoms with Crippen LogP contribution in [0, 0.1) is 18.3 Å². The first kappa shape index (κ1) is 31.3. The summed E-state index contributed by atoms with van der Waals surface area (Å²) in [6.07, 6.45) is 0.610. The number of benzene rings is 7. The second-order valence-corrected chi connectivity index (χ2v) is 12.5. The lowest BCUT2D eigenvalue weighted by atomic mass is 9.93. The minimum absolute atomic E-state index is 0.394. The molecule has 0 fully saturated rings. The predicted molar refractivity (Wildman–Crippen MR) is 206 cm³/mol. The van der Waals surface area contributed by atoms with Gasteiger partial charge in [-0.05, 0) is 77.2 Å². The van der Waals surface area contributed by atoms with Crippen LogP contribution in [0.3, 0.4) is 0 Å². The summed E-state index contributed by atoms with van der Waals surface area (Å²) in [5.74, 6) is -0.394. The summed E-state index contributed by atoms with van der Waals surface area (Å²) in [4.78, 5) is 28.5. The Morgan fingerprint density at radius 2 is 1.25 bits per heavy atom. The molecular formula is C46H31N3O2. The maximum atomic E-state index is 14.5. The smallest absolute Gasteiger partial charge is 0.265 e. The number of para-hydroxylation sites is 2. The first-order valence-corrected chi connectivity index (χ1v) is 16.7. The fourth-order valence-electron chi connectivity index (χ4n) is 7.12. The molecule has 8 aromatic rings. The minimum Gasteiger partial charge on any atom is -0.309 e. The molecule has 0 aliphatic rings. The summed E-state index contributed by atoms with van der Waals surface area (Å²) in [5, 5.41) is 11.9. The molecule has 0 atom stereocenters. The molecule has 51 heavy (non-hydrogen) atoms. The lowest BCUT2D eigenvalue weighted by molar-refractivity contribution is -0.106. The molecule has 0 aliphatic heterocycles. The van der Waals surface area contributed by atoms with Crippen LogP contribution in [0.15, 0.2) is 164 Å². The highest BCUT2D eigenvalue weighted by atomic mass is 16.2. The van der Waals surface area contributed by atoms with E-state index < -0.39 is 5.91 Å². The molecule has 2 amide bonds. The van der Waals surface area contributed by atoms with Crippen LogP contribution in [0.1, 0.15) is 21.5 Å². The number of nitrogens with zero attached hydrogens (tertiary/aromatic N) is 3. The Morgan fingerprint density at radius 3 is 2.00 bits per heavy atom. The van der Waals surface area contributed by atoms with Crippen molar-refractivity contribution in [3.8, 4) is 45.1 Å². The Hall–Kier alpha value is -7.03. The van der Waals surface area contributed by atoms with Crippen molar-refractivity contribution in [2.75, 3.05) is 4.90 Å². The number of anilines is 1. The number of imide groups is 1. The number of carbonyl (C=O) groups is 2. The minimum atomic E-state index is -0.394. The molecule has 8 rings (SSSR count). The Labute approximate surface area is 295 Å². The molecule has 0 saturated carbocycles. The van der Waals surface area contributed by atoms with Crippen molar-refractivity contribution in [2.45, 2.75) is 6.92 Å². The average molecular weight is 658 g/mol. The number of carbonyl (C=O) groups excluding carboxylic acids is 2. The fraction of sp³-hybridized carbons (Fsp3) is 0.0217. The van der Waals surface area contributed by atoms with Crippen molar-refractivity contribution >= 4 is 39.8 Å². The van der Waals surface area contributed by atoms with Crippen LogP contribution in [0.5, 0.6) is 0 Å². The second kappa shape index (κ2) is 13.1. The molecular weight excluding hydrogens is 627 g/mol. The fourth-order valence-corrected chi connectivity index (χ4v) is 7.12. The van der Waals surface area contributed by atoms with E-state index in [4.69, 9.17) is 0 Å². The molecule has 5 heteroatoms. The Morgan fingerprint density at radius 1 is 0.608 bits per heavy atom. The third-order valence-electron chi connectivity index (χ3n) is 9.49. The highest BCUT2D eigenvalue weighted by molar-refractivity contribution is 6.20. The van der Waals surface area contributed by atoms with Gasteiger partial charge in [-0.3, -0.25) is 9.59 Å². The zero-order valence-electron chi connectivity index (χ0n) is 27.8. The van der Waals surface area contributed by atoms with E-state index in [1.165, 1.54) is 4.90 Å². The van der Waals surface area contributed by atoms with E-state index in [9.17, 15) is 14.9 Å². The van der Waals surface area contributed by atoms with Crippen molar-refractivity contribution in [1.82, 2.24) is 4.57 Å². The van der Waals surface area contributed by atoms with Gasteiger partial charge in [0, 0.05) is 21.9 Å². The summed E-state index contributed by atoms with van der Waals surface area (Å²) in [6, 6.07) is 55.8. The van der Waals surface area contributed by atoms with Crippen LogP contribution in [-0.2, 0) is 4.79 Å². The highest BCUT2D eigenvalue weighted by Crippen LogP contribution is 2.40. The Balaban J connectivity index is 1.30. The molecule has 0 bridgehead atoms. The standard InChI is InChI=1S/C46H31N3O2/c1-31-13-12-20-37(45(31)46(51)48(30-50)41-21-10-8-18-36(41)33-14-4-2-5-15-33)35-24-26-44-40(28-35)38-19-9-11-22-42(38)49(44)43-25-23-32(29-47)27-39(43)34-16-6-3-7-17-34/h2-28,30H,1H3. The van der Waals surface area contributed by atoms with Crippen LogP contribution >= 0.6 is 0 Å². The van der Waals surface area contributed by atoms with Crippen molar-refractivity contribution in [3.63, 3.8) is 0 Å². The molecule has 0 N–H and O–H groups in total. The average Bonchev–Trinajstić information content (AvgIpc) is 3.52. The van der Waals surface area contributed by atoms with Gasteiger partial charge in [0.2, 0.25) is 6.41 Å². The monoisotopic (exact) mass is 657 g/mol. The molecule has 5 nitrogen and oxygen atoms in total. The quantitative estimate of drug-likeness (QED) is 0.160. The van der Waals surface area contributed by atoms with Crippen LogP contribution in [-0.4, -0.2) is 16.9 Å². The van der Waals surface area contributed by atoms with Crippen molar-refractivity contribution in [1.29, 1.82) is 5.26 Å². The van der Waals surface area contributed by atoms with E-state index in [2.05, 4.69) is 47.0 Å². The number of amides is 2. The predicted octanol–water partition coefficient (Wildman–Crippen LogP) is 10.8. The zero-order valence-corrected chi connectivity index (χ0v) is 27.8. The topological polar surface area (TPSA) is 66.1 Å². The zero-order chi connectivity index (χ0) is 34.9. The number of hydrogen-bond donors (Lipinski definition) is 0. The van der Waals surface area contributed by atoms with Gasteiger partial charge < -0.3 is 4.57 Å². The van der Waals surface area contributed by atoms with Gasteiger partial charge in [-0.2, -0.15) is 5.26 Å². The summed E-state index contributed by atoms with van der Waals surface area (Å²) < 4.78 is 2.24. The van der Waals surface area contributed by atoms with Crippen LogP contribution in [0.25, 0.3) is 60.9 Å². The summed E-state index contributed by atoms with van der Waals surface area (Å²) in [6.45, 7) is 1.91. The Bertz CT molecular complexity index is 2650. The van der Waals surface area contributed by atoms with Gasteiger partial charge in [-0.1, -0.05) is 121 Å². The maximum Gasteiger partial charge on any atom is 0.265 e. The number of rotatable bonds is 7. The molecule has 0 radical (unpaired) electrons. The third kappa shape index (κ3) is 5.46. The third-order valence-corrected chi connectivity index (χ3v) is 9.49. The van der Waals surface area contributed by atoms with E-state index in [1.54, 1.807) is 6.07 Å². The number of fused-ring (bicyclic) bond motifs is 3. The maximum absolute atomic E-state index is 14.5. The van der Waals surface area contributed by atoms with E-state index in [0.717, 1.165) is 66.4 Å². The number of aryl methyl sites for hydroxylation is 1. The summed E-state index contributed by atoms with van der Waals surface area (Å²) in [7, 11) is 0. The van der Waals surface area contributed by atoms with Crippen LogP contribution in [0.4, 0.5) is 5.69 Å². The van der Waals surface area contributed by atoms with E-state index in [-0.39, 0.29) is 0 Å². The first-order chi connectivity index (χ1) is 25.1. The van der Waals surface area contributed by atoms with Crippen LogP contribution < -0.4 is 4.90 Å². The van der Waals surface area contributed by atoms with Gasteiger partial charge in [0.05, 0.1) is 39.6 Å². The van der Waals surface area contributed by atoms with Crippen molar-refractivity contribution in [3.05, 3.63) is 180 Å². The molecule has 1 heterocycles. The SMILES string of the molecule is Cc1cccc(-c2ccc3c(c2)c2ccccc2n3-c2ccc(C#N)cc2-c2ccccc2)c1C(=O)N(C=O)c1ccccc1-c1ccccc1. The van der Waals surface area contributed by atoms with Gasteiger partial charge in [-0.15, -0.1) is 0 Å². The van der Waals surface area contributed by atoms with E-state index in [1.807, 2.05) is 128 Å². The first-order valence-electron chi connectivity index (χ1n) is 16.7. The lowest BCUT2D eigenvalue weighted by Gasteiger charge is -2.22. The number of nitriles is 1. The Kier molecular flexibility index (Phi) is 8.04. The number of aromatic nitrogens is 1. The molecule has 1 aromatic heterocycles. The van der Waals surface area contributed by atoms with Gasteiger partial charge in [0.1, 0.15) is 0 Å². The van der Waals surface area contributed by atoms with Gasteiger partial charge in [0.15, 0.2) is 0 Å². The van der Waals surface area contributed by atoms with Gasteiger partial charge in [0.25, 0.3) is 5.91 Å². The molecule has 0 unspecified atom stereocenters. The van der Waals surface area contributed by atoms with Crippen LogP contribution in [0.2, 0.25) is 0 Å². The molecule has 0 saturated heterocycles. The lowest BCUT2D eigenvalue weighted by Crippen LogP contribution is -2.31. The molecule has 0 spiro atoms. The largest absolute Gasteiger partial charge is 0.309 e. The summed E-state index contributed by atoms with van der Waals surface area (Å²) in [5.41, 5.74) is 10.6. The van der Waals surface area contributed by atoms with Crippen molar-refractivity contribution < 1.29 is 9.59 Å². The highest BCUT2D eigenvalue weighted by Gasteiger charge is 2.25. The second-order valence-electron chi connectivity index (χ2n) is 12.5. The molecule has 242 valence electrons. The number of hydrogen-bond acceptors (Lipinski definition) is 3.